The van der Waals surface area contributed by atoms with Crippen molar-refractivity contribution in [2.75, 3.05) is 0 Å². The van der Waals surface area contributed by atoms with E-state index in [1.807, 2.05) is 37.3 Å². The second kappa shape index (κ2) is 6.22. The molecule has 4 heteroatoms. The minimum absolute atomic E-state index is 0.198. The summed E-state index contributed by atoms with van der Waals surface area (Å²) in [5.74, 6) is -0.334. The van der Waals surface area contributed by atoms with E-state index < -0.39 is 15.1 Å². The minimum atomic E-state index is -3.66. The Morgan fingerprint density at radius 2 is 1.57 bits per heavy atom. The van der Waals surface area contributed by atoms with Crippen LogP contribution in [-0.2, 0) is 21.1 Å². The van der Waals surface area contributed by atoms with Gasteiger partial charge in [-0.15, -0.1) is 0 Å². The van der Waals surface area contributed by atoms with Crippen molar-refractivity contribution in [1.29, 1.82) is 0 Å². The first kappa shape index (κ1) is 15.4. The van der Waals surface area contributed by atoms with Gasteiger partial charge >= 0.3 is 0 Å². The lowest BCUT2D eigenvalue weighted by Crippen LogP contribution is -2.31. The Morgan fingerprint density at radius 3 is 2.10 bits per heavy atom. The standard InChI is InChI=1S/C17H18O3S/c1-13-8-10-16(11-9-13)21(19,20)17(14(2)18)12-15-6-4-3-5-7-15/h3-11,17H,12H2,1-2H3/t17-/m0/s1. The molecular weight excluding hydrogens is 284 g/mol. The molecule has 0 spiro atoms. The Morgan fingerprint density at radius 1 is 1.00 bits per heavy atom. The number of aryl methyl sites for hydroxylation is 1. The van der Waals surface area contributed by atoms with E-state index in [0.29, 0.717) is 0 Å². The Bertz CT molecular complexity index is 716. The lowest BCUT2D eigenvalue weighted by molar-refractivity contribution is -0.116. The summed E-state index contributed by atoms with van der Waals surface area (Å²) in [7, 11) is -3.66. The Hall–Kier alpha value is -1.94. The molecule has 0 unspecified atom stereocenters. The molecule has 0 radical (unpaired) electrons. The van der Waals surface area contributed by atoms with E-state index in [1.165, 1.54) is 6.92 Å². The van der Waals surface area contributed by atoms with Crippen molar-refractivity contribution in [3.05, 3.63) is 65.7 Å². The van der Waals surface area contributed by atoms with Crippen molar-refractivity contribution in [3.63, 3.8) is 0 Å². The Kier molecular flexibility index (Phi) is 4.58. The first-order valence-electron chi connectivity index (χ1n) is 6.76. The average Bonchev–Trinajstić information content (AvgIpc) is 2.46. The van der Waals surface area contributed by atoms with E-state index in [0.717, 1.165) is 11.1 Å². The van der Waals surface area contributed by atoms with E-state index >= 15 is 0 Å². The van der Waals surface area contributed by atoms with Gasteiger partial charge in [-0.1, -0.05) is 48.0 Å². The summed E-state index contributed by atoms with van der Waals surface area (Å²) in [6.07, 6.45) is 0.201. The van der Waals surface area contributed by atoms with Crippen LogP contribution in [0.25, 0.3) is 0 Å². The molecule has 0 fully saturated rings. The van der Waals surface area contributed by atoms with Crippen LogP contribution in [0.15, 0.2) is 59.5 Å². The van der Waals surface area contributed by atoms with Gasteiger partial charge in [0, 0.05) is 0 Å². The van der Waals surface area contributed by atoms with Gasteiger partial charge in [-0.05, 0) is 38.0 Å². The number of hydrogen-bond acceptors (Lipinski definition) is 3. The normalized spacial score (nSPS) is 12.9. The monoisotopic (exact) mass is 302 g/mol. The molecule has 0 bridgehead atoms. The summed E-state index contributed by atoms with van der Waals surface area (Å²) >= 11 is 0. The zero-order chi connectivity index (χ0) is 15.5. The topological polar surface area (TPSA) is 51.2 Å². The maximum Gasteiger partial charge on any atom is 0.188 e. The van der Waals surface area contributed by atoms with Gasteiger partial charge in [0.25, 0.3) is 0 Å². The molecule has 2 rings (SSSR count). The molecule has 0 aliphatic rings. The average molecular weight is 302 g/mol. The molecule has 1 atom stereocenters. The van der Waals surface area contributed by atoms with Crippen molar-refractivity contribution in [3.8, 4) is 0 Å². The van der Waals surface area contributed by atoms with Crippen molar-refractivity contribution in [1.82, 2.24) is 0 Å². The molecule has 3 nitrogen and oxygen atoms in total. The molecule has 2 aromatic carbocycles. The van der Waals surface area contributed by atoms with Crippen molar-refractivity contribution in [2.45, 2.75) is 30.4 Å². The van der Waals surface area contributed by atoms with E-state index in [9.17, 15) is 13.2 Å². The highest BCUT2D eigenvalue weighted by molar-refractivity contribution is 7.92. The predicted octanol–water partition coefficient (Wildman–Crippen LogP) is 2.97. The fourth-order valence-corrected chi connectivity index (χ4v) is 3.89. The van der Waals surface area contributed by atoms with Gasteiger partial charge in [0.15, 0.2) is 9.84 Å². The van der Waals surface area contributed by atoms with Crippen LogP contribution in [0.4, 0.5) is 0 Å². The van der Waals surface area contributed by atoms with Gasteiger partial charge in [-0.25, -0.2) is 8.42 Å². The molecule has 0 N–H and O–H groups in total. The van der Waals surface area contributed by atoms with Crippen LogP contribution in [0.2, 0.25) is 0 Å². The molecule has 2 aromatic rings. The predicted molar refractivity (Wildman–Crippen MR) is 83.0 cm³/mol. The quantitative estimate of drug-likeness (QED) is 0.853. The highest BCUT2D eigenvalue weighted by atomic mass is 32.2. The maximum atomic E-state index is 12.7. The van der Waals surface area contributed by atoms with E-state index in [2.05, 4.69) is 0 Å². The number of rotatable bonds is 5. The highest BCUT2D eigenvalue weighted by Gasteiger charge is 2.31. The van der Waals surface area contributed by atoms with Crippen molar-refractivity contribution >= 4 is 15.6 Å². The summed E-state index contributed by atoms with van der Waals surface area (Å²) in [4.78, 5) is 12.1. The first-order chi connectivity index (χ1) is 9.91. The van der Waals surface area contributed by atoms with Crippen LogP contribution >= 0.6 is 0 Å². The maximum absolute atomic E-state index is 12.7. The second-order valence-corrected chi connectivity index (χ2v) is 7.28. The zero-order valence-electron chi connectivity index (χ0n) is 12.1. The molecule has 0 amide bonds. The largest absolute Gasteiger partial charge is 0.299 e. The fourth-order valence-electron chi connectivity index (χ4n) is 2.19. The number of carbonyl (C=O) groups excluding carboxylic acids is 1. The zero-order valence-corrected chi connectivity index (χ0v) is 12.9. The van der Waals surface area contributed by atoms with Gasteiger partial charge in [0.2, 0.25) is 0 Å². The first-order valence-corrected chi connectivity index (χ1v) is 8.31. The van der Waals surface area contributed by atoms with Gasteiger partial charge in [-0.3, -0.25) is 4.79 Å². The number of ketones is 1. The molecule has 0 saturated heterocycles. The van der Waals surface area contributed by atoms with Crippen LogP contribution in [-0.4, -0.2) is 19.5 Å². The molecule has 0 aliphatic heterocycles. The van der Waals surface area contributed by atoms with Crippen LogP contribution < -0.4 is 0 Å². The number of benzene rings is 2. The number of hydrogen-bond donors (Lipinski definition) is 0. The molecule has 110 valence electrons. The Labute approximate surface area is 125 Å². The van der Waals surface area contributed by atoms with E-state index in [1.54, 1.807) is 24.3 Å². The molecular formula is C17H18O3S. The summed E-state index contributed by atoms with van der Waals surface area (Å²) in [6, 6.07) is 15.8. The number of Topliss-reactive ketones (excluding diaryl/α,β-unsaturated/α-hetero) is 1. The molecule has 0 aromatic heterocycles. The van der Waals surface area contributed by atoms with Gasteiger partial charge in [0.1, 0.15) is 11.0 Å². The molecule has 0 heterocycles. The molecule has 0 saturated carbocycles. The summed E-state index contributed by atoms with van der Waals surface area (Å²) in [6.45, 7) is 3.22. The molecule has 0 aliphatic carbocycles. The van der Waals surface area contributed by atoms with Crippen LogP contribution in [0.5, 0.6) is 0 Å². The summed E-state index contributed by atoms with van der Waals surface area (Å²) < 4.78 is 25.3. The van der Waals surface area contributed by atoms with E-state index in [4.69, 9.17) is 0 Å². The summed E-state index contributed by atoms with van der Waals surface area (Å²) in [5.41, 5.74) is 1.82. The van der Waals surface area contributed by atoms with Gasteiger partial charge < -0.3 is 0 Å². The highest BCUT2D eigenvalue weighted by Crippen LogP contribution is 2.20. The molecule has 21 heavy (non-hydrogen) atoms. The minimum Gasteiger partial charge on any atom is -0.299 e. The lowest BCUT2D eigenvalue weighted by Gasteiger charge is -2.15. The third kappa shape index (κ3) is 3.58. The summed E-state index contributed by atoms with van der Waals surface area (Å²) in [5, 5.41) is -1.04. The Balaban J connectivity index is 2.37. The van der Waals surface area contributed by atoms with Crippen LogP contribution in [0.3, 0.4) is 0 Å². The van der Waals surface area contributed by atoms with Gasteiger partial charge in [-0.2, -0.15) is 0 Å². The van der Waals surface area contributed by atoms with E-state index in [-0.39, 0.29) is 17.1 Å². The van der Waals surface area contributed by atoms with Crippen LogP contribution in [0, 0.1) is 6.92 Å². The second-order valence-electron chi connectivity index (χ2n) is 5.15. The fraction of sp³-hybridized carbons (Fsp3) is 0.235. The third-order valence-corrected chi connectivity index (χ3v) is 5.62. The van der Waals surface area contributed by atoms with Gasteiger partial charge in [0.05, 0.1) is 4.90 Å². The third-order valence-electron chi connectivity index (χ3n) is 3.44. The van der Waals surface area contributed by atoms with Crippen molar-refractivity contribution in [2.24, 2.45) is 0 Å². The lowest BCUT2D eigenvalue weighted by atomic mass is 10.1. The van der Waals surface area contributed by atoms with Crippen LogP contribution in [0.1, 0.15) is 18.1 Å². The van der Waals surface area contributed by atoms with Crippen molar-refractivity contribution < 1.29 is 13.2 Å². The number of carbonyl (C=O) groups is 1. The number of sulfone groups is 1. The smallest absolute Gasteiger partial charge is 0.188 e. The SMILES string of the molecule is CC(=O)[C@H](Cc1ccccc1)S(=O)(=O)c1ccc(C)cc1.